The highest BCUT2D eigenvalue weighted by molar-refractivity contribution is 7.18. The fourth-order valence-corrected chi connectivity index (χ4v) is 5.65. The summed E-state index contributed by atoms with van der Waals surface area (Å²) >= 11 is 1.01. The maximum Gasteiger partial charge on any atom is 0.395 e. The molecule has 1 spiro atoms. The lowest BCUT2D eigenvalue weighted by molar-refractivity contribution is -0.127. The number of hydrogen-bond donors (Lipinski definition) is 0. The van der Waals surface area contributed by atoms with Crippen molar-refractivity contribution in [2.45, 2.75) is 32.0 Å². The van der Waals surface area contributed by atoms with Gasteiger partial charge in [0.1, 0.15) is 21.7 Å². The van der Waals surface area contributed by atoms with Gasteiger partial charge in [0.25, 0.3) is 0 Å². The lowest BCUT2D eigenvalue weighted by Gasteiger charge is -2.25. The highest BCUT2D eigenvalue weighted by Gasteiger charge is 2.44. The average molecular weight is 434 g/mol. The summed E-state index contributed by atoms with van der Waals surface area (Å²) in [5.74, 6) is 0.669. The minimum Gasteiger partial charge on any atom is -0.354 e. The molecule has 158 valence electrons. The molecule has 0 radical (unpaired) electrons. The Hall–Kier alpha value is -2.26. The first-order valence-electron chi connectivity index (χ1n) is 10.1. The van der Waals surface area contributed by atoms with Gasteiger partial charge in [0.15, 0.2) is 5.82 Å². The summed E-state index contributed by atoms with van der Waals surface area (Å²) in [4.78, 5) is 18.0. The highest BCUT2D eigenvalue weighted by atomic mass is 32.1. The van der Waals surface area contributed by atoms with E-state index in [-0.39, 0.29) is 10.4 Å². The molecule has 5 nitrogen and oxygen atoms in total. The molecular weight excluding hydrogens is 411 g/mol. The minimum absolute atomic E-state index is 0.0445. The first kappa shape index (κ1) is 19.7. The summed E-state index contributed by atoms with van der Waals surface area (Å²) in [5, 5.41) is 0.0445. The number of thiazole rings is 1. The molecule has 1 unspecified atom stereocenters. The van der Waals surface area contributed by atoms with Gasteiger partial charge in [0.2, 0.25) is 0 Å². The lowest BCUT2D eigenvalue weighted by atomic mass is 9.86. The molecule has 4 heterocycles. The first-order chi connectivity index (χ1) is 14.4. The maximum atomic E-state index is 12.8. The molecule has 9 heteroatoms. The highest BCUT2D eigenvalue weighted by Crippen LogP contribution is 2.42. The van der Waals surface area contributed by atoms with Crippen LogP contribution in [0.4, 0.5) is 19.0 Å². The summed E-state index contributed by atoms with van der Waals surface area (Å²) < 4.78 is 38.3. The van der Waals surface area contributed by atoms with Gasteiger partial charge < -0.3 is 4.90 Å². The molecule has 0 aliphatic carbocycles. The van der Waals surface area contributed by atoms with E-state index in [0.29, 0.717) is 16.2 Å². The van der Waals surface area contributed by atoms with Crippen molar-refractivity contribution < 1.29 is 13.2 Å². The van der Waals surface area contributed by atoms with Crippen LogP contribution in [0.5, 0.6) is 0 Å². The number of likely N-dealkylation sites (tertiary alicyclic amines) is 1. The van der Waals surface area contributed by atoms with E-state index in [9.17, 15) is 13.2 Å². The number of anilines is 1. The zero-order chi connectivity index (χ0) is 20.8. The largest absolute Gasteiger partial charge is 0.395 e. The monoisotopic (exact) mass is 433 g/mol. The summed E-state index contributed by atoms with van der Waals surface area (Å²) in [7, 11) is 0. The minimum atomic E-state index is -4.27. The molecule has 2 aromatic heterocycles. The number of nitrogens with zero attached hydrogens (tertiary/aromatic N) is 5. The molecule has 3 aromatic rings. The molecule has 2 saturated heterocycles. The van der Waals surface area contributed by atoms with E-state index in [1.165, 1.54) is 11.9 Å². The standard InChI is InChI=1S/C21H22F3N5S/c22-21(23,24)10-16-27-17-18(25-14-26-19(17)30-16)29-9-7-20(13-29)6-8-28(12-20)11-15-4-2-1-3-5-15/h1-5,14H,6-13H2. The Morgan fingerprint density at radius 1 is 1.03 bits per heavy atom. The van der Waals surface area contributed by atoms with Crippen LogP contribution in [0.25, 0.3) is 10.3 Å². The van der Waals surface area contributed by atoms with Crippen molar-refractivity contribution in [3.8, 4) is 0 Å². The van der Waals surface area contributed by atoms with Crippen LogP contribution in [0, 0.1) is 5.41 Å². The Bertz CT molecular complexity index is 1040. The molecule has 2 fully saturated rings. The van der Waals surface area contributed by atoms with Crippen molar-refractivity contribution in [1.82, 2.24) is 19.9 Å². The second kappa shape index (κ2) is 7.46. The molecule has 1 atom stereocenters. The van der Waals surface area contributed by atoms with Crippen LogP contribution in [0.2, 0.25) is 0 Å². The molecule has 0 N–H and O–H groups in total. The average Bonchev–Trinajstić information content (AvgIpc) is 3.40. The van der Waals surface area contributed by atoms with Gasteiger partial charge in [-0.3, -0.25) is 4.90 Å². The van der Waals surface area contributed by atoms with Crippen molar-refractivity contribution in [1.29, 1.82) is 0 Å². The number of aromatic nitrogens is 3. The van der Waals surface area contributed by atoms with Gasteiger partial charge in [0, 0.05) is 31.6 Å². The molecule has 1 aromatic carbocycles. The SMILES string of the molecule is FC(F)(F)Cc1nc2c(N3CCC4(CCN(Cc5ccccc5)C4)C3)ncnc2s1. The van der Waals surface area contributed by atoms with E-state index in [4.69, 9.17) is 0 Å². The number of hydrogen-bond acceptors (Lipinski definition) is 6. The summed E-state index contributed by atoms with van der Waals surface area (Å²) in [6.45, 7) is 4.75. The first-order valence-corrected chi connectivity index (χ1v) is 10.9. The Balaban J connectivity index is 1.32. The van der Waals surface area contributed by atoms with Crippen LogP contribution in [-0.4, -0.2) is 52.2 Å². The number of fused-ring (bicyclic) bond motifs is 1. The van der Waals surface area contributed by atoms with Gasteiger partial charge in [-0.25, -0.2) is 15.0 Å². The molecule has 2 aliphatic rings. The van der Waals surface area contributed by atoms with Crippen LogP contribution in [0.3, 0.4) is 0 Å². The van der Waals surface area contributed by atoms with Crippen LogP contribution >= 0.6 is 11.3 Å². The third-order valence-electron chi connectivity index (χ3n) is 6.08. The third-order valence-corrected chi connectivity index (χ3v) is 7.04. The number of benzene rings is 1. The van der Waals surface area contributed by atoms with Crippen LogP contribution in [-0.2, 0) is 13.0 Å². The second-order valence-electron chi connectivity index (χ2n) is 8.37. The summed E-state index contributed by atoms with van der Waals surface area (Å²) in [6, 6.07) is 10.5. The van der Waals surface area contributed by atoms with Gasteiger partial charge >= 0.3 is 6.18 Å². The van der Waals surface area contributed by atoms with Gasteiger partial charge in [-0.2, -0.15) is 13.2 Å². The van der Waals surface area contributed by atoms with Crippen molar-refractivity contribution in [2.75, 3.05) is 31.1 Å². The zero-order valence-electron chi connectivity index (χ0n) is 16.4. The van der Waals surface area contributed by atoms with E-state index in [1.54, 1.807) is 0 Å². The van der Waals surface area contributed by atoms with Crippen molar-refractivity contribution in [2.24, 2.45) is 5.41 Å². The predicted molar refractivity (Wildman–Crippen MR) is 111 cm³/mol. The van der Waals surface area contributed by atoms with E-state index >= 15 is 0 Å². The zero-order valence-corrected chi connectivity index (χ0v) is 17.2. The van der Waals surface area contributed by atoms with E-state index in [0.717, 1.165) is 56.9 Å². The van der Waals surface area contributed by atoms with Crippen LogP contribution < -0.4 is 4.90 Å². The molecule has 5 rings (SSSR count). The normalized spacial score (nSPS) is 22.6. The van der Waals surface area contributed by atoms with Crippen molar-refractivity contribution in [3.05, 3.63) is 47.2 Å². The topological polar surface area (TPSA) is 45.2 Å². The smallest absolute Gasteiger partial charge is 0.354 e. The molecule has 30 heavy (non-hydrogen) atoms. The summed E-state index contributed by atoms with van der Waals surface area (Å²) in [6.07, 6.45) is -1.67. The van der Waals surface area contributed by atoms with Crippen LogP contribution in [0.1, 0.15) is 23.4 Å². The van der Waals surface area contributed by atoms with Gasteiger partial charge in [-0.15, -0.1) is 0 Å². The predicted octanol–water partition coefficient (Wildman–Crippen LogP) is 4.29. The quantitative estimate of drug-likeness (QED) is 0.614. The number of alkyl halides is 3. The van der Waals surface area contributed by atoms with Crippen molar-refractivity contribution >= 4 is 27.5 Å². The summed E-state index contributed by atoms with van der Waals surface area (Å²) in [5.41, 5.74) is 2.02. The number of halogens is 3. The molecule has 2 aliphatic heterocycles. The Morgan fingerprint density at radius 2 is 1.83 bits per heavy atom. The Kier molecular flexibility index (Phi) is 4.89. The fourth-order valence-electron chi connectivity index (χ4n) is 4.72. The molecule has 0 bridgehead atoms. The van der Waals surface area contributed by atoms with Gasteiger partial charge in [0.05, 0.1) is 6.42 Å². The van der Waals surface area contributed by atoms with E-state index in [2.05, 4.69) is 49.0 Å². The van der Waals surface area contributed by atoms with Crippen LogP contribution in [0.15, 0.2) is 36.7 Å². The number of rotatable bonds is 4. The molecular formula is C21H22F3N5S. The Labute approximate surface area is 176 Å². The van der Waals surface area contributed by atoms with E-state index < -0.39 is 12.6 Å². The fraction of sp³-hybridized carbons (Fsp3) is 0.476. The lowest BCUT2D eigenvalue weighted by Crippen LogP contribution is -2.31. The second-order valence-corrected chi connectivity index (χ2v) is 9.43. The van der Waals surface area contributed by atoms with Gasteiger partial charge in [-0.05, 0) is 24.9 Å². The molecule has 0 amide bonds. The molecule has 0 saturated carbocycles. The third kappa shape index (κ3) is 4.00. The maximum absolute atomic E-state index is 12.8. The van der Waals surface area contributed by atoms with Crippen molar-refractivity contribution in [3.63, 3.8) is 0 Å². The van der Waals surface area contributed by atoms with Gasteiger partial charge in [-0.1, -0.05) is 41.7 Å². The Morgan fingerprint density at radius 3 is 2.63 bits per heavy atom. The van der Waals surface area contributed by atoms with E-state index in [1.807, 2.05) is 6.07 Å².